The third-order valence-electron chi connectivity index (χ3n) is 4.42. The summed E-state index contributed by atoms with van der Waals surface area (Å²) < 4.78 is 0. The average Bonchev–Trinajstić information content (AvgIpc) is 2.48. The molecule has 0 spiro atoms. The first-order valence-electron chi connectivity index (χ1n) is 7.56. The lowest BCUT2D eigenvalue weighted by atomic mass is 9.95. The van der Waals surface area contributed by atoms with Crippen LogP contribution in [-0.4, -0.2) is 17.4 Å². The SMILES string of the molecule is Nc1cccc2c1CCN(C(=O)CC1=CCCCC1)C2. The number of nitrogens with two attached hydrogens (primary N) is 1. The maximum absolute atomic E-state index is 12.4. The van der Waals surface area contributed by atoms with Gasteiger partial charge in [0.2, 0.25) is 5.91 Å². The van der Waals surface area contributed by atoms with Gasteiger partial charge in [-0.05, 0) is 49.3 Å². The van der Waals surface area contributed by atoms with E-state index in [1.807, 2.05) is 17.0 Å². The molecule has 0 aromatic heterocycles. The third kappa shape index (κ3) is 2.72. The molecule has 2 N–H and O–H groups in total. The summed E-state index contributed by atoms with van der Waals surface area (Å²) in [6, 6.07) is 6.01. The van der Waals surface area contributed by atoms with Crippen LogP contribution in [0.25, 0.3) is 0 Å². The molecule has 3 nitrogen and oxygen atoms in total. The molecule has 106 valence electrons. The molecule has 0 fully saturated rings. The number of rotatable bonds is 2. The number of hydrogen-bond acceptors (Lipinski definition) is 2. The molecule has 1 aromatic carbocycles. The van der Waals surface area contributed by atoms with E-state index in [9.17, 15) is 4.79 Å². The van der Waals surface area contributed by atoms with E-state index in [4.69, 9.17) is 5.73 Å². The Balaban J connectivity index is 1.67. The van der Waals surface area contributed by atoms with Crippen molar-refractivity contribution in [3.63, 3.8) is 0 Å². The highest BCUT2D eigenvalue weighted by atomic mass is 16.2. The topological polar surface area (TPSA) is 46.3 Å². The molecule has 0 bridgehead atoms. The van der Waals surface area contributed by atoms with Crippen molar-refractivity contribution < 1.29 is 4.79 Å². The second-order valence-corrected chi connectivity index (χ2v) is 5.84. The number of amides is 1. The van der Waals surface area contributed by atoms with Gasteiger partial charge in [0, 0.05) is 25.2 Å². The van der Waals surface area contributed by atoms with E-state index >= 15 is 0 Å². The zero-order valence-electron chi connectivity index (χ0n) is 11.9. The molecule has 3 rings (SSSR count). The fourth-order valence-corrected chi connectivity index (χ4v) is 3.22. The highest BCUT2D eigenvalue weighted by Crippen LogP contribution is 2.26. The molecule has 1 heterocycles. The van der Waals surface area contributed by atoms with Crippen molar-refractivity contribution >= 4 is 11.6 Å². The minimum Gasteiger partial charge on any atom is -0.398 e. The summed E-state index contributed by atoms with van der Waals surface area (Å²) in [5.74, 6) is 0.270. The van der Waals surface area contributed by atoms with Gasteiger partial charge >= 0.3 is 0 Å². The Morgan fingerprint density at radius 1 is 1.25 bits per heavy atom. The van der Waals surface area contributed by atoms with Crippen molar-refractivity contribution in [1.82, 2.24) is 4.90 Å². The number of hydrogen-bond donors (Lipinski definition) is 1. The van der Waals surface area contributed by atoms with Gasteiger partial charge in [-0.25, -0.2) is 0 Å². The van der Waals surface area contributed by atoms with Crippen LogP contribution in [0.3, 0.4) is 0 Å². The Bertz CT molecular complexity index is 548. The molecular formula is C17H22N2O. The van der Waals surface area contributed by atoms with Crippen LogP contribution in [0.4, 0.5) is 5.69 Å². The van der Waals surface area contributed by atoms with Gasteiger partial charge in [-0.3, -0.25) is 4.79 Å². The van der Waals surface area contributed by atoms with Crippen LogP contribution in [0.5, 0.6) is 0 Å². The van der Waals surface area contributed by atoms with E-state index in [-0.39, 0.29) is 5.91 Å². The summed E-state index contributed by atoms with van der Waals surface area (Å²) in [5.41, 5.74) is 10.6. The number of carbonyl (C=O) groups is 1. The van der Waals surface area contributed by atoms with Crippen molar-refractivity contribution in [2.24, 2.45) is 0 Å². The highest BCUT2D eigenvalue weighted by molar-refractivity contribution is 5.79. The maximum Gasteiger partial charge on any atom is 0.226 e. The molecule has 3 heteroatoms. The highest BCUT2D eigenvalue weighted by Gasteiger charge is 2.22. The van der Waals surface area contributed by atoms with Crippen LogP contribution in [-0.2, 0) is 17.8 Å². The van der Waals surface area contributed by atoms with E-state index < -0.39 is 0 Å². The molecule has 20 heavy (non-hydrogen) atoms. The minimum atomic E-state index is 0.270. The minimum absolute atomic E-state index is 0.270. The zero-order chi connectivity index (χ0) is 13.9. The molecule has 1 aliphatic heterocycles. The molecule has 0 radical (unpaired) electrons. The van der Waals surface area contributed by atoms with Gasteiger partial charge in [-0.15, -0.1) is 0 Å². The van der Waals surface area contributed by atoms with Gasteiger partial charge in [-0.1, -0.05) is 23.8 Å². The van der Waals surface area contributed by atoms with Gasteiger partial charge in [0.1, 0.15) is 0 Å². The van der Waals surface area contributed by atoms with Crippen molar-refractivity contribution in [3.8, 4) is 0 Å². The normalized spacial score (nSPS) is 18.4. The Hall–Kier alpha value is -1.77. The van der Waals surface area contributed by atoms with Gasteiger partial charge in [0.25, 0.3) is 0 Å². The molecule has 0 saturated heterocycles. The van der Waals surface area contributed by atoms with Crippen molar-refractivity contribution in [2.45, 2.75) is 45.1 Å². The van der Waals surface area contributed by atoms with Crippen molar-refractivity contribution in [3.05, 3.63) is 41.0 Å². The lowest BCUT2D eigenvalue weighted by molar-refractivity contribution is -0.131. The molecule has 0 atom stereocenters. The van der Waals surface area contributed by atoms with Crippen LogP contribution < -0.4 is 5.73 Å². The fraction of sp³-hybridized carbons (Fsp3) is 0.471. The van der Waals surface area contributed by atoms with Crippen molar-refractivity contribution in [1.29, 1.82) is 0 Å². The Kier molecular flexibility index (Phi) is 3.77. The van der Waals surface area contributed by atoms with Crippen LogP contribution in [0.15, 0.2) is 29.8 Å². The number of fused-ring (bicyclic) bond motifs is 1. The number of allylic oxidation sites excluding steroid dienone is 1. The number of carbonyl (C=O) groups excluding carboxylic acids is 1. The summed E-state index contributed by atoms with van der Waals surface area (Å²) in [6.07, 6.45) is 8.50. The first-order valence-corrected chi connectivity index (χ1v) is 7.56. The molecule has 2 aliphatic rings. The first kappa shape index (κ1) is 13.2. The van der Waals surface area contributed by atoms with E-state index in [1.165, 1.54) is 29.5 Å². The van der Waals surface area contributed by atoms with E-state index in [2.05, 4.69) is 12.1 Å². The lowest BCUT2D eigenvalue weighted by Crippen LogP contribution is -2.36. The van der Waals surface area contributed by atoms with Crippen LogP contribution >= 0.6 is 0 Å². The summed E-state index contributed by atoms with van der Waals surface area (Å²) in [5, 5.41) is 0. The predicted octanol–water partition coefficient (Wildman–Crippen LogP) is 3.04. The Morgan fingerprint density at radius 2 is 2.15 bits per heavy atom. The van der Waals surface area contributed by atoms with Gasteiger partial charge in [0.05, 0.1) is 0 Å². The fourth-order valence-electron chi connectivity index (χ4n) is 3.22. The summed E-state index contributed by atoms with van der Waals surface area (Å²) in [7, 11) is 0. The Labute approximate surface area is 120 Å². The first-order chi connectivity index (χ1) is 9.74. The van der Waals surface area contributed by atoms with Crippen molar-refractivity contribution in [2.75, 3.05) is 12.3 Å². The number of nitrogen functional groups attached to an aromatic ring is 1. The van der Waals surface area contributed by atoms with Crippen LogP contribution in [0.1, 0.15) is 43.2 Å². The maximum atomic E-state index is 12.4. The summed E-state index contributed by atoms with van der Waals surface area (Å²) in [6.45, 7) is 1.51. The quantitative estimate of drug-likeness (QED) is 0.663. The summed E-state index contributed by atoms with van der Waals surface area (Å²) in [4.78, 5) is 14.4. The van der Waals surface area contributed by atoms with Gasteiger partial charge in [0.15, 0.2) is 0 Å². The van der Waals surface area contributed by atoms with E-state index in [1.54, 1.807) is 0 Å². The molecule has 1 aromatic rings. The Morgan fingerprint density at radius 3 is 2.95 bits per heavy atom. The average molecular weight is 270 g/mol. The lowest BCUT2D eigenvalue weighted by Gasteiger charge is -2.30. The smallest absolute Gasteiger partial charge is 0.226 e. The molecule has 1 aliphatic carbocycles. The van der Waals surface area contributed by atoms with Gasteiger partial charge in [-0.2, -0.15) is 0 Å². The van der Waals surface area contributed by atoms with E-state index in [0.717, 1.165) is 31.5 Å². The molecule has 0 unspecified atom stereocenters. The second kappa shape index (κ2) is 5.70. The van der Waals surface area contributed by atoms with Crippen LogP contribution in [0.2, 0.25) is 0 Å². The third-order valence-corrected chi connectivity index (χ3v) is 4.42. The second-order valence-electron chi connectivity index (χ2n) is 5.84. The van der Waals surface area contributed by atoms with Crippen LogP contribution in [0, 0.1) is 0 Å². The zero-order valence-corrected chi connectivity index (χ0v) is 11.9. The standard InChI is InChI=1S/C17H22N2O/c18-16-8-4-7-14-12-19(10-9-15(14)16)17(20)11-13-5-2-1-3-6-13/h4-5,7-8H,1-3,6,9-12,18H2. The largest absolute Gasteiger partial charge is 0.398 e. The van der Waals surface area contributed by atoms with E-state index in [0.29, 0.717) is 13.0 Å². The number of nitrogens with zero attached hydrogens (tertiary/aromatic N) is 1. The summed E-state index contributed by atoms with van der Waals surface area (Å²) >= 11 is 0. The molecule has 0 saturated carbocycles. The number of benzene rings is 1. The predicted molar refractivity (Wildman–Crippen MR) is 81.1 cm³/mol. The monoisotopic (exact) mass is 270 g/mol. The molecule has 1 amide bonds. The van der Waals surface area contributed by atoms with Gasteiger partial charge < -0.3 is 10.6 Å². The molecular weight excluding hydrogens is 248 g/mol. The number of anilines is 1.